The number of nitrogens with zero attached hydrogens (tertiary/aromatic N) is 2. The molecule has 2 aromatic heterocycles. The average molecular weight is 317 g/mol. The molecule has 1 N–H and O–H groups in total. The van der Waals surface area contributed by atoms with Gasteiger partial charge in [-0.25, -0.2) is 0 Å². The van der Waals surface area contributed by atoms with Gasteiger partial charge in [0.1, 0.15) is 24.3 Å². The Kier molecular flexibility index (Phi) is 5.35. The molecule has 0 aliphatic heterocycles. The van der Waals surface area contributed by atoms with E-state index in [1.165, 1.54) is 18.4 Å². The maximum atomic E-state index is 12.2. The van der Waals surface area contributed by atoms with E-state index in [-0.39, 0.29) is 36.3 Å². The maximum Gasteiger partial charge on any atom is 0.269 e. The second-order valence-electron chi connectivity index (χ2n) is 5.11. The van der Waals surface area contributed by atoms with Crippen LogP contribution in [0.1, 0.15) is 36.1 Å². The number of hydrogen-bond acceptors (Lipinski definition) is 5. The van der Waals surface area contributed by atoms with Crippen molar-refractivity contribution in [2.24, 2.45) is 0 Å². The third-order valence-corrected chi connectivity index (χ3v) is 3.02. The van der Waals surface area contributed by atoms with Gasteiger partial charge < -0.3 is 14.5 Å². The van der Waals surface area contributed by atoms with Gasteiger partial charge in [-0.05, 0) is 19.9 Å². The number of nitrogens with one attached hydrogen (secondary N) is 1. The van der Waals surface area contributed by atoms with Gasteiger partial charge in [0.05, 0.1) is 6.54 Å². The van der Waals surface area contributed by atoms with Crippen molar-refractivity contribution in [3.8, 4) is 5.75 Å². The van der Waals surface area contributed by atoms with Crippen LogP contribution in [0.25, 0.3) is 0 Å². The summed E-state index contributed by atoms with van der Waals surface area (Å²) in [4.78, 5) is 24.0. The van der Waals surface area contributed by atoms with Gasteiger partial charge in [0.2, 0.25) is 11.2 Å². The van der Waals surface area contributed by atoms with Crippen LogP contribution in [0.5, 0.6) is 5.75 Å². The number of amides is 1. The molecule has 0 radical (unpaired) electrons. The van der Waals surface area contributed by atoms with Crippen molar-refractivity contribution < 1.29 is 13.9 Å². The molecule has 0 atom stereocenters. The van der Waals surface area contributed by atoms with Crippen LogP contribution in [0.3, 0.4) is 0 Å². The number of ether oxygens (including phenoxy) is 1. The summed E-state index contributed by atoms with van der Waals surface area (Å²) in [5, 5.41) is 6.80. The summed E-state index contributed by atoms with van der Waals surface area (Å²) >= 11 is 0. The van der Waals surface area contributed by atoms with Crippen LogP contribution in [-0.4, -0.2) is 22.3 Å². The Labute approximate surface area is 133 Å². The largest absolute Gasteiger partial charge is 0.482 e. The minimum atomic E-state index is -0.311. The smallest absolute Gasteiger partial charge is 0.269 e. The van der Waals surface area contributed by atoms with Crippen LogP contribution in [0.15, 0.2) is 46.5 Å². The number of carbonyl (C=O) groups is 1. The molecule has 0 spiro atoms. The van der Waals surface area contributed by atoms with Gasteiger partial charge in [-0.15, -0.1) is 0 Å². The molecule has 0 aliphatic rings. The molecule has 0 saturated heterocycles. The molecule has 2 aromatic rings. The van der Waals surface area contributed by atoms with Gasteiger partial charge in [0, 0.05) is 18.3 Å². The highest BCUT2D eigenvalue weighted by Gasteiger charge is 2.14. The predicted molar refractivity (Wildman–Crippen MR) is 84.5 cm³/mol. The first kappa shape index (κ1) is 16.5. The zero-order chi connectivity index (χ0) is 16.8. The van der Waals surface area contributed by atoms with Crippen molar-refractivity contribution in [3.63, 3.8) is 0 Å². The fourth-order valence-electron chi connectivity index (χ4n) is 1.95. The normalized spacial score (nSPS) is 10.6. The second kappa shape index (κ2) is 7.44. The zero-order valence-corrected chi connectivity index (χ0v) is 13.1. The molecule has 0 saturated carbocycles. The summed E-state index contributed by atoms with van der Waals surface area (Å²) in [6.07, 6.45) is 4.33. The molecule has 23 heavy (non-hydrogen) atoms. The molecular formula is C16H19N3O4. The molecule has 7 nitrogen and oxygen atoms in total. The molecule has 0 aromatic carbocycles. The summed E-state index contributed by atoms with van der Waals surface area (Å²) in [5.41, 5.74) is 0.142. The molecule has 0 unspecified atom stereocenters. The zero-order valence-electron chi connectivity index (χ0n) is 13.1. The molecule has 122 valence electrons. The number of rotatable bonds is 7. The number of hydrogen-bond donors (Lipinski definition) is 1. The molecule has 2 rings (SSSR count). The Hall–Kier alpha value is -2.83. The molecule has 0 bridgehead atoms. The van der Waals surface area contributed by atoms with Gasteiger partial charge >= 0.3 is 0 Å². The van der Waals surface area contributed by atoms with Crippen molar-refractivity contribution >= 4 is 5.91 Å². The molecular weight excluding hydrogens is 298 g/mol. The predicted octanol–water partition coefficient (Wildman–Crippen LogP) is 1.91. The van der Waals surface area contributed by atoms with Crippen molar-refractivity contribution in [2.75, 3.05) is 6.61 Å². The fraction of sp³-hybridized carbons (Fsp3) is 0.312. The van der Waals surface area contributed by atoms with E-state index in [0.717, 1.165) is 0 Å². The molecule has 0 fully saturated rings. The van der Waals surface area contributed by atoms with Crippen LogP contribution in [0, 0.1) is 0 Å². The Morgan fingerprint density at radius 2 is 2.35 bits per heavy atom. The van der Waals surface area contributed by atoms with E-state index < -0.39 is 0 Å². The lowest BCUT2D eigenvalue weighted by molar-refractivity contribution is 0.0935. The van der Waals surface area contributed by atoms with Crippen LogP contribution in [0.2, 0.25) is 0 Å². The van der Waals surface area contributed by atoms with Gasteiger partial charge in [0.25, 0.3) is 5.91 Å². The highest BCUT2D eigenvalue weighted by Crippen LogP contribution is 2.09. The van der Waals surface area contributed by atoms with Crippen molar-refractivity contribution in [2.45, 2.75) is 26.4 Å². The maximum absolute atomic E-state index is 12.2. The lowest BCUT2D eigenvalue weighted by Gasteiger charge is -2.11. The minimum absolute atomic E-state index is 0.0741. The van der Waals surface area contributed by atoms with Crippen LogP contribution >= 0.6 is 0 Å². The highest BCUT2D eigenvalue weighted by molar-refractivity contribution is 5.92. The Bertz CT molecular complexity index is 746. The van der Waals surface area contributed by atoms with Gasteiger partial charge in [-0.3, -0.25) is 14.3 Å². The topological polar surface area (TPSA) is 86.4 Å². The van der Waals surface area contributed by atoms with Crippen molar-refractivity contribution in [1.29, 1.82) is 0 Å². The number of carbonyl (C=O) groups excluding carboxylic acids is 1. The van der Waals surface area contributed by atoms with Crippen LogP contribution in [-0.2, 0) is 6.54 Å². The number of aromatic nitrogens is 2. The Morgan fingerprint density at radius 3 is 3.00 bits per heavy atom. The van der Waals surface area contributed by atoms with Crippen molar-refractivity contribution in [3.05, 3.63) is 58.9 Å². The van der Waals surface area contributed by atoms with Gasteiger partial charge in [0.15, 0.2) is 0 Å². The van der Waals surface area contributed by atoms with E-state index in [0.29, 0.717) is 11.5 Å². The third kappa shape index (κ3) is 4.09. The van der Waals surface area contributed by atoms with E-state index in [4.69, 9.17) is 9.15 Å². The molecule has 2 heterocycles. The summed E-state index contributed by atoms with van der Waals surface area (Å²) in [6.45, 7) is 7.69. The van der Waals surface area contributed by atoms with E-state index in [1.54, 1.807) is 16.9 Å². The Morgan fingerprint density at radius 1 is 1.57 bits per heavy atom. The minimum Gasteiger partial charge on any atom is -0.482 e. The quantitative estimate of drug-likeness (QED) is 0.788. The SMILES string of the molecule is C=CCOc1coc(CNC(=O)c2ccnn2C(C)C)cc1=O. The molecule has 7 heteroatoms. The lowest BCUT2D eigenvalue weighted by atomic mass is 10.3. The van der Waals surface area contributed by atoms with E-state index in [9.17, 15) is 9.59 Å². The third-order valence-electron chi connectivity index (χ3n) is 3.02. The second-order valence-corrected chi connectivity index (χ2v) is 5.11. The summed E-state index contributed by atoms with van der Waals surface area (Å²) in [7, 11) is 0. The average Bonchev–Trinajstić information content (AvgIpc) is 3.01. The Balaban J connectivity index is 2.02. The standard InChI is InChI=1S/C16H19N3O4/c1-4-7-22-15-10-23-12(8-14(15)20)9-17-16(21)13-5-6-18-19(13)11(2)3/h4-6,8,10-11H,1,7,9H2,2-3H3,(H,17,21). The van der Waals surface area contributed by atoms with Crippen LogP contribution < -0.4 is 15.5 Å². The first-order chi connectivity index (χ1) is 11.0. The summed E-state index contributed by atoms with van der Waals surface area (Å²) in [5.74, 6) is 0.161. The first-order valence-corrected chi connectivity index (χ1v) is 7.20. The van der Waals surface area contributed by atoms with E-state index in [2.05, 4.69) is 17.0 Å². The molecule has 1 amide bonds. The van der Waals surface area contributed by atoms with E-state index in [1.807, 2.05) is 13.8 Å². The fourth-order valence-corrected chi connectivity index (χ4v) is 1.95. The monoisotopic (exact) mass is 317 g/mol. The lowest BCUT2D eigenvalue weighted by Crippen LogP contribution is -2.26. The molecule has 0 aliphatic carbocycles. The van der Waals surface area contributed by atoms with Crippen molar-refractivity contribution in [1.82, 2.24) is 15.1 Å². The van der Waals surface area contributed by atoms with Gasteiger partial charge in [-0.1, -0.05) is 12.7 Å². The first-order valence-electron chi connectivity index (χ1n) is 7.20. The van der Waals surface area contributed by atoms with Crippen LogP contribution in [0.4, 0.5) is 0 Å². The summed E-state index contributed by atoms with van der Waals surface area (Å²) < 4.78 is 12.1. The van der Waals surface area contributed by atoms with Gasteiger partial charge in [-0.2, -0.15) is 5.10 Å². The van der Waals surface area contributed by atoms with E-state index >= 15 is 0 Å². The highest BCUT2D eigenvalue weighted by atomic mass is 16.5. The summed E-state index contributed by atoms with van der Waals surface area (Å²) in [6, 6.07) is 3.00.